The number of nitrogens with one attached hydrogen (secondary N) is 2. The van der Waals surface area contributed by atoms with Crippen molar-refractivity contribution in [3.8, 4) is 0 Å². The number of hydrogen-bond donors (Lipinski definition) is 2. The molecule has 30 heavy (non-hydrogen) atoms. The summed E-state index contributed by atoms with van der Waals surface area (Å²) < 4.78 is 13.0. The lowest BCUT2D eigenvalue weighted by Gasteiger charge is -2.10. The number of amides is 1. The van der Waals surface area contributed by atoms with Gasteiger partial charge in [-0.25, -0.2) is 14.6 Å². The smallest absolute Gasteiger partial charge is 0.287 e. The number of carbonyl (C=O) groups is 1. The zero-order chi connectivity index (χ0) is 21.3. The van der Waals surface area contributed by atoms with E-state index in [1.807, 2.05) is 6.92 Å². The summed E-state index contributed by atoms with van der Waals surface area (Å²) in [7, 11) is 0. The molecular formula is C19H25BrN6O3S. The Morgan fingerprint density at radius 3 is 2.90 bits per heavy atom. The molecule has 3 heterocycles. The largest absolute Gasteiger partial charge is 0.444 e. The highest BCUT2D eigenvalue weighted by Crippen LogP contribution is 2.24. The Morgan fingerprint density at radius 2 is 2.17 bits per heavy atom. The van der Waals surface area contributed by atoms with E-state index in [9.17, 15) is 4.79 Å². The molecule has 0 unspecified atom stereocenters. The van der Waals surface area contributed by atoms with Crippen molar-refractivity contribution in [1.82, 2.24) is 25.1 Å². The molecule has 2 N–H and O–H groups in total. The van der Waals surface area contributed by atoms with Gasteiger partial charge in [-0.1, -0.05) is 18.7 Å². The average molecular weight is 497 g/mol. The monoisotopic (exact) mass is 496 g/mol. The summed E-state index contributed by atoms with van der Waals surface area (Å²) in [6.45, 7) is 6.89. The molecule has 0 saturated carbocycles. The maximum atomic E-state index is 12.1. The van der Waals surface area contributed by atoms with E-state index in [0.29, 0.717) is 42.7 Å². The molecule has 0 aliphatic rings. The number of aromatic nitrogens is 4. The van der Waals surface area contributed by atoms with Crippen LogP contribution in [0.25, 0.3) is 11.0 Å². The lowest BCUT2D eigenvalue weighted by Crippen LogP contribution is -2.27. The van der Waals surface area contributed by atoms with Crippen LogP contribution in [0.4, 0.5) is 5.82 Å². The van der Waals surface area contributed by atoms with Gasteiger partial charge in [0, 0.05) is 25.4 Å². The quantitative estimate of drug-likeness (QED) is 0.222. The third-order valence-electron chi connectivity index (χ3n) is 4.06. The maximum absolute atomic E-state index is 12.1. The van der Waals surface area contributed by atoms with Crippen molar-refractivity contribution >= 4 is 50.5 Å². The second kappa shape index (κ2) is 11.3. The van der Waals surface area contributed by atoms with Gasteiger partial charge in [-0.05, 0) is 41.4 Å². The normalized spacial score (nSPS) is 11.2. The fraction of sp³-hybridized carbons (Fsp3) is 0.474. The molecule has 0 radical (unpaired) electrons. The van der Waals surface area contributed by atoms with E-state index in [2.05, 4.69) is 48.6 Å². The second-order valence-corrected chi connectivity index (χ2v) is 8.14. The van der Waals surface area contributed by atoms with Gasteiger partial charge in [0.15, 0.2) is 21.2 Å². The molecule has 3 rings (SSSR count). The molecule has 1 amide bonds. The van der Waals surface area contributed by atoms with Crippen molar-refractivity contribution in [1.29, 1.82) is 0 Å². The maximum Gasteiger partial charge on any atom is 0.287 e. The zero-order valence-corrected chi connectivity index (χ0v) is 19.4. The van der Waals surface area contributed by atoms with Gasteiger partial charge in [-0.3, -0.25) is 4.79 Å². The standard InChI is InChI=1S/C19H25BrN6O3S/c1-3-11-30-19-24-16(21-8-10-28-4-2)13-12-23-26(17(13)25-19)9-7-22-18(27)14-5-6-15(20)29-14/h5-6,12H,3-4,7-11H2,1-2H3,(H,22,27)(H,21,24,25). The molecule has 0 saturated heterocycles. The van der Waals surface area contributed by atoms with E-state index >= 15 is 0 Å². The van der Waals surface area contributed by atoms with Crippen LogP contribution < -0.4 is 10.6 Å². The Hall–Kier alpha value is -2.11. The van der Waals surface area contributed by atoms with E-state index in [4.69, 9.17) is 9.15 Å². The van der Waals surface area contributed by atoms with Crippen LogP contribution in [-0.2, 0) is 11.3 Å². The Labute approximate surface area is 187 Å². The highest BCUT2D eigenvalue weighted by atomic mass is 79.9. The summed E-state index contributed by atoms with van der Waals surface area (Å²) in [5.74, 6) is 1.67. The molecule has 0 aromatic carbocycles. The third kappa shape index (κ3) is 5.96. The number of halogens is 1. The van der Waals surface area contributed by atoms with Crippen molar-refractivity contribution < 1.29 is 13.9 Å². The first kappa shape index (κ1) is 22.6. The van der Waals surface area contributed by atoms with Gasteiger partial charge in [0.1, 0.15) is 5.82 Å². The summed E-state index contributed by atoms with van der Waals surface area (Å²) in [4.78, 5) is 21.5. The summed E-state index contributed by atoms with van der Waals surface area (Å²) in [5, 5.41) is 12.1. The number of thioether (sulfide) groups is 1. The molecule has 9 nitrogen and oxygen atoms in total. The zero-order valence-electron chi connectivity index (χ0n) is 17.0. The number of nitrogens with zero attached hydrogens (tertiary/aromatic N) is 4. The lowest BCUT2D eigenvalue weighted by atomic mass is 10.4. The fourth-order valence-corrected chi connectivity index (χ4v) is 3.68. The van der Waals surface area contributed by atoms with E-state index in [0.717, 1.165) is 29.0 Å². The molecule has 3 aromatic rings. The number of rotatable bonds is 12. The first-order valence-corrected chi connectivity index (χ1v) is 11.6. The first-order valence-electron chi connectivity index (χ1n) is 9.83. The van der Waals surface area contributed by atoms with Gasteiger partial charge in [-0.2, -0.15) is 5.10 Å². The van der Waals surface area contributed by atoms with E-state index < -0.39 is 0 Å². The van der Waals surface area contributed by atoms with Crippen LogP contribution in [0.3, 0.4) is 0 Å². The lowest BCUT2D eigenvalue weighted by molar-refractivity contribution is 0.0923. The van der Waals surface area contributed by atoms with E-state index in [-0.39, 0.29) is 11.7 Å². The predicted molar refractivity (Wildman–Crippen MR) is 120 cm³/mol. The van der Waals surface area contributed by atoms with Gasteiger partial charge >= 0.3 is 0 Å². The minimum Gasteiger partial charge on any atom is -0.444 e. The summed E-state index contributed by atoms with van der Waals surface area (Å²) in [6, 6.07) is 3.30. The number of hydrogen-bond acceptors (Lipinski definition) is 8. The fourth-order valence-electron chi connectivity index (χ4n) is 2.68. The number of anilines is 1. The van der Waals surface area contributed by atoms with Crippen LogP contribution in [0.2, 0.25) is 0 Å². The SMILES string of the molecule is CCCSc1nc(NCCOCC)c2cnn(CCNC(=O)c3ccc(Br)o3)c2n1. The molecule has 0 bridgehead atoms. The van der Waals surface area contributed by atoms with Crippen LogP contribution in [0.15, 0.2) is 32.6 Å². The molecule has 0 aliphatic heterocycles. The number of fused-ring (bicyclic) bond motifs is 1. The molecule has 162 valence electrons. The van der Waals surface area contributed by atoms with Gasteiger partial charge in [0.2, 0.25) is 0 Å². The van der Waals surface area contributed by atoms with Crippen LogP contribution >= 0.6 is 27.7 Å². The van der Waals surface area contributed by atoms with Crippen molar-refractivity contribution in [2.75, 3.05) is 37.4 Å². The topological polar surface area (TPSA) is 107 Å². The van der Waals surface area contributed by atoms with Crippen molar-refractivity contribution in [3.05, 3.63) is 28.8 Å². The van der Waals surface area contributed by atoms with Gasteiger partial charge in [0.25, 0.3) is 5.91 Å². The number of furan rings is 1. The van der Waals surface area contributed by atoms with Crippen LogP contribution in [0.1, 0.15) is 30.8 Å². The van der Waals surface area contributed by atoms with Gasteiger partial charge in [-0.15, -0.1) is 0 Å². The molecule has 0 spiro atoms. The summed E-state index contributed by atoms with van der Waals surface area (Å²) in [6.07, 6.45) is 2.78. The Balaban J connectivity index is 1.71. The van der Waals surface area contributed by atoms with Crippen LogP contribution in [0.5, 0.6) is 0 Å². The Morgan fingerprint density at radius 1 is 1.30 bits per heavy atom. The Kier molecular flexibility index (Phi) is 8.52. The minimum absolute atomic E-state index is 0.258. The van der Waals surface area contributed by atoms with Crippen molar-refractivity contribution in [2.45, 2.75) is 32.0 Å². The number of carbonyl (C=O) groups excluding carboxylic acids is 1. The summed E-state index contributed by atoms with van der Waals surface area (Å²) >= 11 is 4.81. The Bertz CT molecular complexity index is 976. The second-order valence-electron chi connectivity index (χ2n) is 6.29. The van der Waals surface area contributed by atoms with E-state index in [1.54, 1.807) is 34.8 Å². The van der Waals surface area contributed by atoms with E-state index in [1.165, 1.54) is 0 Å². The highest BCUT2D eigenvalue weighted by molar-refractivity contribution is 9.10. The summed E-state index contributed by atoms with van der Waals surface area (Å²) in [5.41, 5.74) is 0.734. The first-order chi connectivity index (χ1) is 14.6. The molecular weight excluding hydrogens is 472 g/mol. The number of ether oxygens (including phenoxy) is 1. The molecule has 0 atom stereocenters. The van der Waals surface area contributed by atoms with Crippen LogP contribution in [-0.4, -0.2) is 57.7 Å². The van der Waals surface area contributed by atoms with Crippen molar-refractivity contribution in [3.63, 3.8) is 0 Å². The highest BCUT2D eigenvalue weighted by Gasteiger charge is 2.14. The predicted octanol–water partition coefficient (Wildman–Crippen LogP) is 3.56. The molecule has 0 aliphatic carbocycles. The average Bonchev–Trinajstić information content (AvgIpc) is 3.36. The van der Waals surface area contributed by atoms with Crippen LogP contribution in [0, 0.1) is 0 Å². The third-order valence-corrected chi connectivity index (χ3v) is 5.54. The molecule has 3 aromatic heterocycles. The van der Waals surface area contributed by atoms with Gasteiger partial charge in [0.05, 0.1) is 24.7 Å². The van der Waals surface area contributed by atoms with Gasteiger partial charge < -0.3 is 19.8 Å². The molecule has 11 heteroatoms. The minimum atomic E-state index is -0.274. The molecule has 0 fully saturated rings. The van der Waals surface area contributed by atoms with Crippen molar-refractivity contribution in [2.24, 2.45) is 0 Å².